The number of fused-ring (bicyclic) bond motifs is 1. The Balaban J connectivity index is 1.63. The van der Waals surface area contributed by atoms with Crippen LogP contribution in [0.3, 0.4) is 0 Å². The molecule has 1 N–H and O–H groups in total. The standard InChI is InChI=1S/C24H14F3N3O2/c25-24(26,27)18-7-4-8-19(13-18)29-23(31)17(14-28)11-15-9-10-21-20(12-15)22(32-30-21)16-5-2-1-3-6-16/h1-13H,(H,29,31)/b17-11+. The number of anilines is 1. The Morgan fingerprint density at radius 2 is 1.81 bits per heavy atom. The molecular weight excluding hydrogens is 419 g/mol. The number of hydrogen-bond donors (Lipinski definition) is 1. The van der Waals surface area contributed by atoms with Crippen LogP contribution in [0.5, 0.6) is 0 Å². The molecule has 1 amide bonds. The summed E-state index contributed by atoms with van der Waals surface area (Å²) in [5, 5.41) is 16.5. The first-order valence-corrected chi connectivity index (χ1v) is 9.40. The van der Waals surface area contributed by atoms with Gasteiger partial charge in [-0.1, -0.05) is 47.6 Å². The lowest BCUT2D eigenvalue weighted by atomic mass is 10.0. The molecule has 0 fully saturated rings. The number of carbonyl (C=O) groups is 1. The van der Waals surface area contributed by atoms with Crippen molar-refractivity contribution < 1.29 is 22.5 Å². The fourth-order valence-electron chi connectivity index (χ4n) is 3.13. The fourth-order valence-corrected chi connectivity index (χ4v) is 3.13. The first-order valence-electron chi connectivity index (χ1n) is 9.40. The Kier molecular flexibility index (Phi) is 5.48. The van der Waals surface area contributed by atoms with Crippen LogP contribution in [-0.2, 0) is 11.0 Å². The van der Waals surface area contributed by atoms with Crippen LogP contribution in [0.4, 0.5) is 18.9 Å². The summed E-state index contributed by atoms with van der Waals surface area (Å²) in [6.07, 6.45) is -3.19. The zero-order valence-corrected chi connectivity index (χ0v) is 16.4. The number of nitriles is 1. The van der Waals surface area contributed by atoms with Crippen LogP contribution in [0.1, 0.15) is 11.1 Å². The van der Waals surface area contributed by atoms with Crippen LogP contribution < -0.4 is 5.32 Å². The van der Waals surface area contributed by atoms with Crippen molar-refractivity contribution in [3.8, 4) is 17.4 Å². The van der Waals surface area contributed by atoms with Crippen molar-refractivity contribution in [1.82, 2.24) is 5.16 Å². The van der Waals surface area contributed by atoms with Crippen LogP contribution in [-0.4, -0.2) is 11.1 Å². The number of hydrogen-bond acceptors (Lipinski definition) is 4. The molecule has 0 aliphatic heterocycles. The van der Waals surface area contributed by atoms with Crippen molar-refractivity contribution in [3.05, 3.63) is 89.5 Å². The maximum atomic E-state index is 12.9. The van der Waals surface area contributed by atoms with E-state index >= 15 is 0 Å². The number of amides is 1. The zero-order chi connectivity index (χ0) is 22.7. The van der Waals surface area contributed by atoms with Gasteiger partial charge in [0, 0.05) is 11.3 Å². The minimum absolute atomic E-state index is 0.0631. The number of alkyl halides is 3. The van der Waals surface area contributed by atoms with Gasteiger partial charge in [0.1, 0.15) is 17.2 Å². The van der Waals surface area contributed by atoms with Gasteiger partial charge in [0.15, 0.2) is 5.76 Å². The third-order valence-electron chi connectivity index (χ3n) is 4.66. The molecule has 0 saturated carbocycles. The van der Waals surface area contributed by atoms with Crippen molar-refractivity contribution in [1.29, 1.82) is 5.26 Å². The Hall–Kier alpha value is -4.38. The van der Waals surface area contributed by atoms with E-state index in [-0.39, 0.29) is 11.3 Å². The summed E-state index contributed by atoms with van der Waals surface area (Å²) in [5.41, 5.74) is 0.732. The molecule has 4 rings (SSSR count). The van der Waals surface area contributed by atoms with Gasteiger partial charge in [-0.15, -0.1) is 0 Å². The summed E-state index contributed by atoms with van der Waals surface area (Å²) in [6.45, 7) is 0. The molecule has 0 radical (unpaired) electrons. The second kappa shape index (κ2) is 8.40. The van der Waals surface area contributed by atoms with E-state index in [0.717, 1.165) is 17.7 Å². The first-order chi connectivity index (χ1) is 15.3. The van der Waals surface area contributed by atoms with Gasteiger partial charge in [0.05, 0.1) is 10.9 Å². The molecule has 0 aliphatic rings. The Bertz CT molecular complexity index is 1370. The van der Waals surface area contributed by atoms with Crippen molar-refractivity contribution in [3.63, 3.8) is 0 Å². The highest BCUT2D eigenvalue weighted by atomic mass is 19.4. The molecule has 0 unspecified atom stereocenters. The molecule has 32 heavy (non-hydrogen) atoms. The summed E-state index contributed by atoms with van der Waals surface area (Å²) in [5.74, 6) is -0.275. The average Bonchev–Trinajstić information content (AvgIpc) is 3.21. The minimum Gasteiger partial charge on any atom is -0.355 e. The van der Waals surface area contributed by atoms with Gasteiger partial charge >= 0.3 is 6.18 Å². The maximum absolute atomic E-state index is 12.9. The minimum atomic E-state index is -4.54. The van der Waals surface area contributed by atoms with Crippen molar-refractivity contribution in [2.75, 3.05) is 5.32 Å². The van der Waals surface area contributed by atoms with Crippen molar-refractivity contribution in [2.45, 2.75) is 6.18 Å². The Labute approximate surface area is 180 Å². The quantitative estimate of drug-likeness (QED) is 0.313. The van der Waals surface area contributed by atoms with Crippen LogP contribution in [0, 0.1) is 11.3 Å². The highest BCUT2D eigenvalue weighted by Gasteiger charge is 2.30. The molecule has 0 aliphatic carbocycles. The summed E-state index contributed by atoms with van der Waals surface area (Å²) in [6, 6.07) is 20.4. The van der Waals surface area contributed by atoms with Crippen LogP contribution in [0.25, 0.3) is 28.3 Å². The van der Waals surface area contributed by atoms with E-state index in [2.05, 4.69) is 10.5 Å². The average molecular weight is 433 g/mol. The van der Waals surface area contributed by atoms with Crippen LogP contribution >= 0.6 is 0 Å². The predicted octanol–water partition coefficient (Wildman–Crippen LogP) is 6.06. The monoisotopic (exact) mass is 433 g/mol. The lowest BCUT2D eigenvalue weighted by Gasteiger charge is -2.09. The molecule has 0 saturated heterocycles. The number of benzene rings is 3. The molecule has 1 heterocycles. The van der Waals surface area contributed by atoms with Gasteiger partial charge in [0.2, 0.25) is 0 Å². The first kappa shape index (κ1) is 20.9. The second-order valence-corrected chi connectivity index (χ2v) is 6.86. The van der Waals surface area contributed by atoms with Crippen LogP contribution in [0.2, 0.25) is 0 Å². The summed E-state index contributed by atoms with van der Waals surface area (Å²) in [4.78, 5) is 12.5. The van der Waals surface area contributed by atoms with Gasteiger partial charge in [-0.3, -0.25) is 4.79 Å². The molecule has 4 aromatic rings. The number of rotatable bonds is 4. The number of nitrogens with zero attached hydrogens (tertiary/aromatic N) is 2. The number of halogens is 3. The number of aromatic nitrogens is 1. The second-order valence-electron chi connectivity index (χ2n) is 6.86. The summed E-state index contributed by atoms with van der Waals surface area (Å²) < 4.78 is 44.1. The molecule has 3 aromatic carbocycles. The molecule has 0 atom stereocenters. The molecule has 8 heteroatoms. The van der Waals surface area contributed by atoms with Gasteiger partial charge in [-0.05, 0) is 42.0 Å². The largest absolute Gasteiger partial charge is 0.416 e. The lowest BCUT2D eigenvalue weighted by Crippen LogP contribution is -2.14. The topological polar surface area (TPSA) is 78.9 Å². The normalized spacial score (nSPS) is 11.9. The van der Waals surface area contributed by atoms with Gasteiger partial charge in [0.25, 0.3) is 5.91 Å². The molecular formula is C24H14F3N3O2. The van der Waals surface area contributed by atoms with Gasteiger partial charge in [-0.25, -0.2) is 0 Å². The Morgan fingerprint density at radius 3 is 2.53 bits per heavy atom. The molecule has 5 nitrogen and oxygen atoms in total. The van der Waals surface area contributed by atoms with Gasteiger partial charge < -0.3 is 9.84 Å². The van der Waals surface area contributed by atoms with Gasteiger partial charge in [-0.2, -0.15) is 18.4 Å². The maximum Gasteiger partial charge on any atom is 0.416 e. The SMILES string of the molecule is N#C/C(=C\c1ccc2noc(-c3ccccc3)c2c1)C(=O)Nc1cccc(C(F)(F)F)c1. The smallest absolute Gasteiger partial charge is 0.355 e. The van der Waals surface area contributed by atoms with E-state index < -0.39 is 17.6 Å². The van der Waals surface area contributed by atoms with E-state index in [1.54, 1.807) is 24.3 Å². The predicted molar refractivity (Wildman–Crippen MR) is 113 cm³/mol. The number of carbonyl (C=O) groups excluding carboxylic acids is 1. The zero-order valence-electron chi connectivity index (χ0n) is 16.4. The van der Waals surface area contributed by atoms with E-state index in [1.807, 2.05) is 30.3 Å². The third-order valence-corrected chi connectivity index (χ3v) is 4.66. The highest BCUT2D eigenvalue weighted by Crippen LogP contribution is 2.31. The van der Waals surface area contributed by atoms with E-state index in [0.29, 0.717) is 22.2 Å². The molecule has 158 valence electrons. The third kappa shape index (κ3) is 4.37. The number of nitrogens with one attached hydrogen (secondary N) is 1. The molecule has 1 aromatic heterocycles. The molecule has 0 spiro atoms. The summed E-state index contributed by atoms with van der Waals surface area (Å²) >= 11 is 0. The van der Waals surface area contributed by atoms with Crippen molar-refractivity contribution in [2.24, 2.45) is 0 Å². The molecule has 0 bridgehead atoms. The fraction of sp³-hybridized carbons (Fsp3) is 0.0417. The Morgan fingerprint density at radius 1 is 1.03 bits per heavy atom. The highest BCUT2D eigenvalue weighted by molar-refractivity contribution is 6.10. The lowest BCUT2D eigenvalue weighted by molar-refractivity contribution is -0.137. The van der Waals surface area contributed by atoms with Crippen LogP contribution in [0.15, 0.2) is 82.9 Å². The van der Waals surface area contributed by atoms with Crippen molar-refractivity contribution >= 4 is 28.6 Å². The van der Waals surface area contributed by atoms with E-state index in [1.165, 1.54) is 18.2 Å². The summed E-state index contributed by atoms with van der Waals surface area (Å²) in [7, 11) is 0. The van der Waals surface area contributed by atoms with E-state index in [4.69, 9.17) is 4.52 Å². The van der Waals surface area contributed by atoms with E-state index in [9.17, 15) is 23.2 Å².